The van der Waals surface area contributed by atoms with E-state index in [4.69, 9.17) is 33.6 Å². The minimum atomic E-state index is -4.25. The van der Waals surface area contributed by atoms with Crippen molar-refractivity contribution in [2.24, 2.45) is 5.14 Å². The van der Waals surface area contributed by atoms with Gasteiger partial charge in [-0.05, 0) is 0 Å². The smallest absolute Gasteiger partial charge is 0.333 e. The van der Waals surface area contributed by atoms with Gasteiger partial charge in [0.2, 0.25) is 0 Å². The molecule has 0 spiro atoms. The fourth-order valence-electron chi connectivity index (χ4n) is 3.95. The molecule has 0 amide bonds. The van der Waals surface area contributed by atoms with E-state index in [0.717, 1.165) is 0 Å². The number of anilines is 1. The maximum atomic E-state index is 11.1. The number of nitrogens with zero attached hydrogens (tertiary/aromatic N) is 4. The van der Waals surface area contributed by atoms with Crippen LogP contribution in [0.25, 0.3) is 11.2 Å². The lowest BCUT2D eigenvalue weighted by Crippen LogP contribution is -2.35. The molecule has 5 atom stereocenters. The Morgan fingerprint density at radius 1 is 0.974 bits per heavy atom. The van der Waals surface area contributed by atoms with Crippen LogP contribution in [0, 0.1) is 0 Å². The zero-order chi connectivity index (χ0) is 27.7. The predicted octanol–water partition coefficient (Wildman–Crippen LogP) is -2.46. The fraction of sp³-hybridized carbons (Fsp3) is 0.762. The minimum Gasteiger partial charge on any atom is -0.387 e. The molecule has 0 aliphatic carbocycles. The van der Waals surface area contributed by atoms with Gasteiger partial charge in [-0.15, -0.1) is 0 Å². The number of hydrogen-bond donors (Lipinski definition) is 4. The van der Waals surface area contributed by atoms with Crippen LogP contribution < -0.4 is 10.5 Å². The molecule has 220 valence electrons. The summed E-state index contributed by atoms with van der Waals surface area (Å²) in [5.74, 6) is 0.400. The third-order valence-electron chi connectivity index (χ3n) is 5.86. The van der Waals surface area contributed by atoms with Gasteiger partial charge in [0.05, 0.1) is 78.5 Å². The maximum Gasteiger partial charge on any atom is 0.333 e. The Morgan fingerprint density at radius 2 is 1.64 bits per heavy atom. The van der Waals surface area contributed by atoms with E-state index < -0.39 is 41.5 Å². The van der Waals surface area contributed by atoms with Crippen LogP contribution in [0.15, 0.2) is 12.7 Å². The highest BCUT2D eigenvalue weighted by Gasteiger charge is 2.45. The highest BCUT2D eigenvalue weighted by Crippen LogP contribution is 2.32. The molecule has 4 rings (SSSR count). The molecule has 39 heavy (non-hydrogen) atoms. The molecular weight excluding hydrogens is 544 g/mol. The van der Waals surface area contributed by atoms with Crippen molar-refractivity contribution < 1.29 is 51.2 Å². The molecule has 2 saturated heterocycles. The number of aliphatic hydroxyl groups excluding tert-OH is 2. The number of hydrogen-bond acceptors (Lipinski definition) is 15. The third kappa shape index (κ3) is 8.69. The second kappa shape index (κ2) is 14.5. The zero-order valence-electron chi connectivity index (χ0n) is 21.2. The van der Waals surface area contributed by atoms with Crippen molar-refractivity contribution >= 4 is 27.3 Å². The highest BCUT2D eigenvalue weighted by atomic mass is 32.2. The molecule has 5 N–H and O–H groups in total. The van der Waals surface area contributed by atoms with E-state index in [-0.39, 0.29) is 6.10 Å². The van der Waals surface area contributed by atoms with Gasteiger partial charge in [0.25, 0.3) is 0 Å². The van der Waals surface area contributed by atoms with Crippen molar-refractivity contribution in [3.8, 4) is 0 Å². The number of nitrogens with two attached hydrogens (primary N) is 1. The number of imidazole rings is 1. The van der Waals surface area contributed by atoms with Crippen LogP contribution in [-0.2, 0) is 42.9 Å². The minimum absolute atomic E-state index is 0.303. The summed E-state index contributed by atoms with van der Waals surface area (Å²) in [5, 5.41) is 28.9. The lowest BCUT2D eigenvalue weighted by atomic mass is 10.1. The van der Waals surface area contributed by atoms with E-state index >= 15 is 0 Å². The lowest BCUT2D eigenvalue weighted by Gasteiger charge is -2.19. The first-order valence-corrected chi connectivity index (χ1v) is 13.8. The third-order valence-corrected chi connectivity index (χ3v) is 6.33. The summed E-state index contributed by atoms with van der Waals surface area (Å²) in [6, 6.07) is 0. The van der Waals surface area contributed by atoms with E-state index in [0.29, 0.717) is 83.0 Å². The van der Waals surface area contributed by atoms with Crippen molar-refractivity contribution in [2.45, 2.75) is 30.6 Å². The Labute approximate surface area is 224 Å². The highest BCUT2D eigenvalue weighted by molar-refractivity contribution is 7.84. The van der Waals surface area contributed by atoms with Crippen LogP contribution in [0.3, 0.4) is 0 Å². The molecule has 0 aromatic carbocycles. The second-order valence-electron chi connectivity index (χ2n) is 8.66. The number of rotatable bonds is 7. The number of aromatic nitrogens is 4. The summed E-state index contributed by atoms with van der Waals surface area (Å²) in [6.07, 6.45) is -2.78. The molecule has 0 saturated carbocycles. The van der Waals surface area contributed by atoms with Gasteiger partial charge in [0.1, 0.15) is 24.6 Å². The molecule has 4 heterocycles. The molecule has 2 fully saturated rings. The molecule has 0 bridgehead atoms. The summed E-state index contributed by atoms with van der Waals surface area (Å²) in [7, 11) is -4.25. The van der Waals surface area contributed by atoms with Gasteiger partial charge in [0, 0.05) is 6.54 Å². The molecule has 2 unspecified atom stereocenters. The second-order valence-corrected chi connectivity index (χ2v) is 9.88. The van der Waals surface area contributed by atoms with Gasteiger partial charge in [-0.25, -0.2) is 20.1 Å². The first-order valence-electron chi connectivity index (χ1n) is 12.4. The van der Waals surface area contributed by atoms with Gasteiger partial charge in [0.15, 0.2) is 23.2 Å². The van der Waals surface area contributed by atoms with Crippen molar-refractivity contribution in [2.75, 3.05) is 77.9 Å². The SMILES string of the molecule is NS(=O)(=O)OCC1O[C@@H](n2cnc3c(NCC4COCCOCCOCCOCCO4)ncnc32)[C@H](O)[C@@H]1O. The van der Waals surface area contributed by atoms with Crippen LogP contribution in [0.2, 0.25) is 0 Å². The standard InChI is InChI=1S/C21H34N6O11S/c22-39(30,31)37-11-15-17(28)18(29)21(38-15)27-13-26-16-19(24-12-25-20(16)27)23-9-14-10-35-6-5-33-2-1-32-3-4-34-7-8-36-14/h12-15,17-18,21,28-29H,1-11H2,(H2,22,30,31)(H,23,24,25)/t14?,15?,17-,18-,21-/m1/s1. The average molecular weight is 579 g/mol. The van der Waals surface area contributed by atoms with Gasteiger partial charge >= 0.3 is 10.3 Å². The predicted molar refractivity (Wildman–Crippen MR) is 132 cm³/mol. The van der Waals surface area contributed by atoms with Crippen molar-refractivity contribution in [1.82, 2.24) is 19.5 Å². The van der Waals surface area contributed by atoms with E-state index in [2.05, 4.69) is 24.5 Å². The Kier molecular flexibility index (Phi) is 11.1. The summed E-state index contributed by atoms with van der Waals surface area (Å²) in [4.78, 5) is 12.8. The van der Waals surface area contributed by atoms with Crippen LogP contribution in [0.5, 0.6) is 0 Å². The Hall–Kier alpha value is -2.10. The van der Waals surface area contributed by atoms with Crippen molar-refractivity contribution in [3.05, 3.63) is 12.7 Å². The summed E-state index contributed by atoms with van der Waals surface area (Å²) in [6.45, 7) is 3.56. The first-order chi connectivity index (χ1) is 18.8. The maximum absolute atomic E-state index is 11.1. The molecule has 2 aromatic heterocycles. The summed E-state index contributed by atoms with van der Waals surface area (Å²) < 4.78 is 61.7. The van der Waals surface area contributed by atoms with Crippen LogP contribution in [0.4, 0.5) is 5.82 Å². The van der Waals surface area contributed by atoms with Gasteiger partial charge in [-0.3, -0.25) is 8.75 Å². The largest absolute Gasteiger partial charge is 0.387 e. The number of fused-ring (bicyclic) bond motifs is 1. The number of aliphatic hydroxyl groups is 2. The quantitative estimate of drug-likeness (QED) is 0.268. The first kappa shape index (κ1) is 29.9. The van der Waals surface area contributed by atoms with E-state index in [1.54, 1.807) is 0 Å². The van der Waals surface area contributed by atoms with Gasteiger partial charge in [-0.1, -0.05) is 0 Å². The van der Waals surface area contributed by atoms with Gasteiger partial charge in [-0.2, -0.15) is 8.42 Å². The molecule has 18 heteroatoms. The van der Waals surface area contributed by atoms with Crippen LogP contribution in [-0.4, -0.2) is 135 Å². The van der Waals surface area contributed by atoms with Crippen LogP contribution in [0.1, 0.15) is 6.23 Å². The average Bonchev–Trinajstić information content (AvgIpc) is 3.45. The molecule has 2 aliphatic heterocycles. The van der Waals surface area contributed by atoms with Gasteiger partial charge < -0.3 is 44.0 Å². The zero-order valence-corrected chi connectivity index (χ0v) is 22.0. The summed E-state index contributed by atoms with van der Waals surface area (Å²) >= 11 is 0. The molecule has 17 nitrogen and oxygen atoms in total. The normalized spacial score (nSPS) is 28.6. The van der Waals surface area contributed by atoms with E-state index in [1.165, 1.54) is 17.2 Å². The van der Waals surface area contributed by atoms with E-state index in [9.17, 15) is 18.6 Å². The fourth-order valence-corrected chi connectivity index (χ4v) is 4.27. The summed E-state index contributed by atoms with van der Waals surface area (Å²) in [5.41, 5.74) is 0.686. The number of nitrogens with one attached hydrogen (secondary N) is 1. The van der Waals surface area contributed by atoms with E-state index in [1.807, 2.05) is 0 Å². The number of ether oxygens (including phenoxy) is 6. The van der Waals surface area contributed by atoms with Crippen molar-refractivity contribution in [1.29, 1.82) is 0 Å². The molecule has 0 radical (unpaired) electrons. The Balaban J connectivity index is 1.39. The molecule has 2 aliphatic rings. The van der Waals surface area contributed by atoms with Crippen molar-refractivity contribution in [3.63, 3.8) is 0 Å². The monoisotopic (exact) mass is 578 g/mol. The lowest BCUT2D eigenvalue weighted by molar-refractivity contribution is -0.0467. The Morgan fingerprint density at radius 3 is 2.33 bits per heavy atom. The molecule has 2 aromatic rings. The Bertz CT molecular complexity index is 1120. The van der Waals surface area contributed by atoms with Crippen LogP contribution >= 0.6 is 0 Å². The molecular formula is C21H34N6O11S. The topological polar surface area (TPSA) is 221 Å².